The van der Waals surface area contributed by atoms with Crippen LogP contribution in [0.25, 0.3) is 10.9 Å². The highest BCUT2D eigenvalue weighted by molar-refractivity contribution is 5.95. The SMILES string of the molecule is COC(=O)C(C(=O)OC)[C@@H]1CCN(CC(=O)N(C)OC)[C@H](c2cc3ccccc3[nH]2)C1. The van der Waals surface area contributed by atoms with Crippen molar-refractivity contribution in [2.24, 2.45) is 11.8 Å². The Morgan fingerprint density at radius 2 is 1.84 bits per heavy atom. The molecule has 1 aromatic heterocycles. The van der Waals surface area contributed by atoms with Crippen LogP contribution in [-0.2, 0) is 28.7 Å². The number of carbonyl (C=O) groups excluding carboxylic acids is 3. The van der Waals surface area contributed by atoms with Crippen LogP contribution in [0.15, 0.2) is 30.3 Å². The lowest BCUT2D eigenvalue weighted by molar-refractivity contribution is -0.172. The van der Waals surface area contributed by atoms with E-state index < -0.39 is 17.9 Å². The molecule has 1 aliphatic heterocycles. The Bertz CT molecular complexity index is 893. The molecule has 0 aliphatic carbocycles. The highest BCUT2D eigenvalue weighted by Gasteiger charge is 2.42. The molecule has 3 rings (SSSR count). The molecule has 1 amide bonds. The van der Waals surface area contributed by atoms with Crippen molar-refractivity contribution in [3.05, 3.63) is 36.0 Å². The molecule has 2 aromatic rings. The predicted octanol–water partition coefficient (Wildman–Crippen LogP) is 1.90. The smallest absolute Gasteiger partial charge is 0.320 e. The number of nitrogens with zero attached hydrogens (tertiary/aromatic N) is 2. The van der Waals surface area contributed by atoms with Crippen molar-refractivity contribution in [1.82, 2.24) is 14.9 Å². The number of methoxy groups -OCH3 is 2. The minimum absolute atomic E-state index is 0.151. The van der Waals surface area contributed by atoms with Gasteiger partial charge in [0, 0.05) is 18.3 Å². The van der Waals surface area contributed by atoms with Crippen molar-refractivity contribution < 1.29 is 28.7 Å². The van der Waals surface area contributed by atoms with E-state index in [9.17, 15) is 14.4 Å². The Balaban J connectivity index is 1.92. The molecular formula is C22H29N3O6. The molecule has 2 heterocycles. The Morgan fingerprint density at radius 1 is 1.16 bits per heavy atom. The van der Waals surface area contributed by atoms with E-state index in [0.717, 1.165) is 16.6 Å². The number of likely N-dealkylation sites (tertiary alicyclic amines) is 1. The summed E-state index contributed by atoms with van der Waals surface area (Å²) in [5.41, 5.74) is 1.91. The molecule has 1 N–H and O–H groups in total. The number of rotatable bonds is 7. The third-order valence-electron chi connectivity index (χ3n) is 6.01. The number of hydrogen-bond donors (Lipinski definition) is 1. The van der Waals surface area contributed by atoms with Crippen LogP contribution in [-0.4, -0.2) is 74.3 Å². The van der Waals surface area contributed by atoms with Crippen molar-refractivity contribution in [3.63, 3.8) is 0 Å². The zero-order valence-electron chi connectivity index (χ0n) is 18.3. The maximum atomic E-state index is 12.5. The third kappa shape index (κ3) is 4.88. The summed E-state index contributed by atoms with van der Waals surface area (Å²) in [4.78, 5) is 47.7. The second-order valence-electron chi connectivity index (χ2n) is 7.68. The van der Waals surface area contributed by atoms with Crippen LogP contribution in [0.4, 0.5) is 0 Å². The largest absolute Gasteiger partial charge is 0.468 e. The zero-order valence-corrected chi connectivity index (χ0v) is 18.3. The van der Waals surface area contributed by atoms with Crippen molar-refractivity contribution in [3.8, 4) is 0 Å². The molecule has 9 nitrogen and oxygen atoms in total. The van der Waals surface area contributed by atoms with Gasteiger partial charge < -0.3 is 14.5 Å². The van der Waals surface area contributed by atoms with E-state index in [1.807, 2.05) is 35.2 Å². The number of aromatic amines is 1. The summed E-state index contributed by atoms with van der Waals surface area (Å²) in [5, 5.41) is 2.25. The van der Waals surface area contributed by atoms with E-state index in [4.69, 9.17) is 14.3 Å². The molecular weight excluding hydrogens is 402 g/mol. The summed E-state index contributed by atoms with van der Waals surface area (Å²) in [6.07, 6.45) is 1.04. The van der Waals surface area contributed by atoms with Crippen LogP contribution in [0, 0.1) is 11.8 Å². The number of carbonyl (C=O) groups is 3. The normalized spacial score (nSPS) is 19.4. The van der Waals surface area contributed by atoms with Crippen molar-refractivity contribution >= 4 is 28.7 Å². The maximum absolute atomic E-state index is 12.5. The number of hydroxylamine groups is 2. The Kier molecular flexibility index (Phi) is 7.29. The van der Waals surface area contributed by atoms with Gasteiger partial charge in [0.1, 0.15) is 0 Å². The Labute approximate surface area is 181 Å². The summed E-state index contributed by atoms with van der Waals surface area (Å²) in [5.74, 6) is -2.66. The number of nitrogens with one attached hydrogen (secondary N) is 1. The molecule has 0 radical (unpaired) electrons. The lowest BCUT2D eigenvalue weighted by Gasteiger charge is -2.40. The second-order valence-corrected chi connectivity index (χ2v) is 7.68. The first-order chi connectivity index (χ1) is 14.9. The molecule has 0 saturated carbocycles. The average molecular weight is 431 g/mol. The van der Waals surface area contributed by atoms with Crippen LogP contribution in [0.2, 0.25) is 0 Å². The quantitative estimate of drug-likeness (QED) is 0.406. The molecule has 1 fully saturated rings. The Morgan fingerprint density at radius 3 is 2.45 bits per heavy atom. The fourth-order valence-electron chi connectivity index (χ4n) is 4.24. The molecule has 2 atom stereocenters. The second kappa shape index (κ2) is 9.93. The van der Waals surface area contributed by atoms with Crippen LogP contribution in [0.3, 0.4) is 0 Å². The van der Waals surface area contributed by atoms with Crippen LogP contribution in [0.5, 0.6) is 0 Å². The minimum atomic E-state index is -0.999. The van der Waals surface area contributed by atoms with Crippen LogP contribution < -0.4 is 0 Å². The van der Waals surface area contributed by atoms with Crippen molar-refractivity contribution in [2.75, 3.05) is 41.5 Å². The van der Waals surface area contributed by atoms with E-state index in [-0.39, 0.29) is 24.4 Å². The minimum Gasteiger partial charge on any atom is -0.468 e. The predicted molar refractivity (Wildman–Crippen MR) is 113 cm³/mol. The number of ether oxygens (including phenoxy) is 2. The highest BCUT2D eigenvalue weighted by Crippen LogP contribution is 2.39. The lowest BCUT2D eigenvalue weighted by atomic mass is 9.80. The van der Waals surface area contributed by atoms with E-state index in [1.54, 1.807) is 7.05 Å². The fraction of sp³-hybridized carbons (Fsp3) is 0.500. The summed E-state index contributed by atoms with van der Waals surface area (Å²) in [6.45, 7) is 0.677. The van der Waals surface area contributed by atoms with Gasteiger partial charge in [-0.15, -0.1) is 0 Å². The van der Waals surface area contributed by atoms with Crippen molar-refractivity contribution in [1.29, 1.82) is 0 Å². The van der Waals surface area contributed by atoms with Gasteiger partial charge in [-0.05, 0) is 42.8 Å². The topological polar surface area (TPSA) is 101 Å². The monoisotopic (exact) mass is 431 g/mol. The zero-order chi connectivity index (χ0) is 22.5. The first-order valence-corrected chi connectivity index (χ1v) is 10.2. The van der Waals surface area contributed by atoms with Gasteiger partial charge in [-0.25, -0.2) is 5.06 Å². The lowest BCUT2D eigenvalue weighted by Crippen LogP contribution is -2.46. The van der Waals surface area contributed by atoms with Gasteiger partial charge in [-0.3, -0.25) is 24.1 Å². The summed E-state index contributed by atoms with van der Waals surface area (Å²) < 4.78 is 9.75. The van der Waals surface area contributed by atoms with E-state index >= 15 is 0 Å². The summed E-state index contributed by atoms with van der Waals surface area (Å²) in [7, 11) is 5.54. The van der Waals surface area contributed by atoms with Crippen molar-refractivity contribution in [2.45, 2.75) is 18.9 Å². The molecule has 168 valence electrons. The van der Waals surface area contributed by atoms with Gasteiger partial charge >= 0.3 is 11.9 Å². The average Bonchev–Trinajstić information content (AvgIpc) is 3.23. The number of benzene rings is 1. The molecule has 1 aromatic carbocycles. The fourth-order valence-corrected chi connectivity index (χ4v) is 4.24. The number of fused-ring (bicyclic) bond motifs is 1. The first-order valence-electron chi connectivity index (χ1n) is 10.2. The Hall–Kier alpha value is -2.91. The number of piperidine rings is 1. The van der Waals surface area contributed by atoms with E-state index in [1.165, 1.54) is 26.4 Å². The summed E-state index contributed by atoms with van der Waals surface area (Å²) >= 11 is 0. The standard InChI is InChI=1S/C22H29N3O6/c1-24(31-4)19(26)13-25-10-9-15(20(21(27)29-2)22(28)30-3)12-18(25)17-11-14-7-5-6-8-16(14)23-17/h5-8,11,15,18,20,23H,9-10,12-13H2,1-4H3/t15-,18+/m1/s1. The van der Waals surface area contributed by atoms with Crippen LogP contribution in [0.1, 0.15) is 24.6 Å². The molecule has 0 unspecified atom stereocenters. The number of aromatic nitrogens is 1. The number of likely N-dealkylation sites (N-methyl/N-ethyl adjacent to an activating group) is 1. The third-order valence-corrected chi connectivity index (χ3v) is 6.01. The van der Waals surface area contributed by atoms with Crippen LogP contribution >= 0.6 is 0 Å². The number of esters is 2. The molecule has 1 saturated heterocycles. The molecule has 0 spiro atoms. The molecule has 0 bridgehead atoms. The van der Waals surface area contributed by atoms with E-state index in [2.05, 4.69) is 4.98 Å². The number of para-hydroxylation sites is 1. The number of hydrogen-bond acceptors (Lipinski definition) is 7. The van der Waals surface area contributed by atoms with Gasteiger partial charge in [0.2, 0.25) is 0 Å². The highest BCUT2D eigenvalue weighted by atomic mass is 16.7. The molecule has 31 heavy (non-hydrogen) atoms. The maximum Gasteiger partial charge on any atom is 0.320 e. The molecule has 9 heteroatoms. The van der Waals surface area contributed by atoms with Gasteiger partial charge in [0.15, 0.2) is 5.92 Å². The number of H-pyrrole nitrogens is 1. The van der Waals surface area contributed by atoms with Gasteiger partial charge in [-0.2, -0.15) is 0 Å². The number of amides is 1. The molecule has 1 aliphatic rings. The first kappa shape index (κ1) is 22.8. The van der Waals surface area contributed by atoms with Gasteiger partial charge in [0.25, 0.3) is 5.91 Å². The van der Waals surface area contributed by atoms with Gasteiger partial charge in [-0.1, -0.05) is 18.2 Å². The summed E-state index contributed by atoms with van der Waals surface area (Å²) in [6, 6.07) is 9.76. The van der Waals surface area contributed by atoms with E-state index in [0.29, 0.717) is 19.4 Å². The van der Waals surface area contributed by atoms with Gasteiger partial charge in [0.05, 0.1) is 33.9 Å².